The predicted octanol–water partition coefficient (Wildman–Crippen LogP) is 2.37. The summed E-state index contributed by atoms with van der Waals surface area (Å²) in [6.07, 6.45) is 2.56. The van der Waals surface area contributed by atoms with Crippen molar-refractivity contribution in [1.29, 1.82) is 0 Å². The third-order valence-corrected chi connectivity index (χ3v) is 2.57. The Kier molecular flexibility index (Phi) is 6.15. The largest absolute Gasteiger partial charge is 0.444 e. The number of hydrogen-bond donors (Lipinski definition) is 3. The van der Waals surface area contributed by atoms with E-state index in [1.165, 1.54) is 0 Å². The van der Waals surface area contributed by atoms with Crippen LogP contribution in [0.1, 0.15) is 34.6 Å². The average molecular weight is 308 g/mol. The molecule has 0 saturated carbocycles. The standard InChI is InChI=1S/C15H24N4O3/c1-6-17-11-7-8-16-9-12(11)19-13(20)10(2)18-14(21)22-15(3,4)5/h7-10H,6H2,1-5H3,(H,16,17)(H,18,21)(H,19,20). The lowest BCUT2D eigenvalue weighted by Gasteiger charge is -2.22. The molecule has 3 N–H and O–H groups in total. The fourth-order valence-electron chi connectivity index (χ4n) is 1.63. The number of pyridine rings is 1. The van der Waals surface area contributed by atoms with E-state index in [4.69, 9.17) is 4.74 Å². The van der Waals surface area contributed by atoms with Crippen LogP contribution in [0.3, 0.4) is 0 Å². The molecule has 1 atom stereocenters. The smallest absolute Gasteiger partial charge is 0.408 e. The van der Waals surface area contributed by atoms with Crippen molar-refractivity contribution in [3.05, 3.63) is 18.5 Å². The van der Waals surface area contributed by atoms with E-state index in [2.05, 4.69) is 20.9 Å². The summed E-state index contributed by atoms with van der Waals surface area (Å²) < 4.78 is 5.12. The maximum absolute atomic E-state index is 12.1. The highest BCUT2D eigenvalue weighted by Crippen LogP contribution is 2.19. The molecule has 0 bridgehead atoms. The molecule has 1 aromatic heterocycles. The number of nitrogens with one attached hydrogen (secondary N) is 3. The van der Waals surface area contributed by atoms with Crippen LogP contribution >= 0.6 is 0 Å². The van der Waals surface area contributed by atoms with Crippen molar-refractivity contribution in [2.75, 3.05) is 17.2 Å². The van der Waals surface area contributed by atoms with Crippen molar-refractivity contribution >= 4 is 23.4 Å². The van der Waals surface area contributed by atoms with Gasteiger partial charge in [0.1, 0.15) is 11.6 Å². The minimum absolute atomic E-state index is 0.349. The van der Waals surface area contributed by atoms with Crippen LogP contribution in [-0.2, 0) is 9.53 Å². The quantitative estimate of drug-likeness (QED) is 0.776. The van der Waals surface area contributed by atoms with Gasteiger partial charge in [0.05, 0.1) is 17.6 Å². The van der Waals surface area contributed by atoms with E-state index < -0.39 is 17.7 Å². The number of carbonyl (C=O) groups excluding carboxylic acids is 2. The van der Waals surface area contributed by atoms with Crippen molar-refractivity contribution in [3.63, 3.8) is 0 Å². The number of amides is 2. The highest BCUT2D eigenvalue weighted by molar-refractivity contribution is 5.98. The molecule has 0 aliphatic rings. The van der Waals surface area contributed by atoms with Gasteiger partial charge in [-0.05, 0) is 40.7 Å². The number of rotatable bonds is 5. The van der Waals surface area contributed by atoms with Crippen LogP contribution in [-0.4, -0.2) is 35.2 Å². The molecule has 0 spiro atoms. The normalized spacial score (nSPS) is 12.2. The predicted molar refractivity (Wildman–Crippen MR) is 85.9 cm³/mol. The van der Waals surface area contributed by atoms with E-state index >= 15 is 0 Å². The molecule has 0 aromatic carbocycles. The van der Waals surface area contributed by atoms with Gasteiger partial charge < -0.3 is 20.7 Å². The first kappa shape index (κ1) is 17.7. The van der Waals surface area contributed by atoms with E-state index in [1.807, 2.05) is 6.92 Å². The van der Waals surface area contributed by atoms with Crippen LogP contribution in [0.25, 0.3) is 0 Å². The maximum Gasteiger partial charge on any atom is 0.408 e. The van der Waals surface area contributed by atoms with E-state index in [1.54, 1.807) is 46.2 Å². The molecule has 1 unspecified atom stereocenters. The van der Waals surface area contributed by atoms with Crippen molar-refractivity contribution in [1.82, 2.24) is 10.3 Å². The Morgan fingerprint density at radius 3 is 2.59 bits per heavy atom. The van der Waals surface area contributed by atoms with Crippen LogP contribution in [0.4, 0.5) is 16.2 Å². The zero-order valence-corrected chi connectivity index (χ0v) is 13.7. The third-order valence-electron chi connectivity index (χ3n) is 2.57. The first-order chi connectivity index (χ1) is 10.2. The average Bonchev–Trinajstić information content (AvgIpc) is 2.38. The zero-order chi connectivity index (χ0) is 16.8. The molecule has 0 aliphatic carbocycles. The van der Waals surface area contributed by atoms with Gasteiger partial charge in [0.15, 0.2) is 0 Å². The van der Waals surface area contributed by atoms with Gasteiger partial charge in [-0.15, -0.1) is 0 Å². The Balaban J connectivity index is 2.63. The Hall–Kier alpha value is -2.31. The number of anilines is 2. The van der Waals surface area contributed by atoms with E-state index in [0.29, 0.717) is 5.69 Å². The lowest BCUT2D eigenvalue weighted by atomic mass is 10.2. The van der Waals surface area contributed by atoms with E-state index in [-0.39, 0.29) is 5.91 Å². The summed E-state index contributed by atoms with van der Waals surface area (Å²) in [7, 11) is 0. The summed E-state index contributed by atoms with van der Waals surface area (Å²) in [6, 6.07) is 1.04. The second-order valence-electron chi connectivity index (χ2n) is 5.81. The van der Waals surface area contributed by atoms with Gasteiger partial charge in [0, 0.05) is 12.7 Å². The van der Waals surface area contributed by atoms with Gasteiger partial charge in [0.25, 0.3) is 0 Å². The molecule has 7 heteroatoms. The van der Waals surface area contributed by atoms with Crippen LogP contribution in [0, 0.1) is 0 Å². The Morgan fingerprint density at radius 1 is 1.32 bits per heavy atom. The summed E-state index contributed by atoms with van der Waals surface area (Å²) in [5.74, 6) is -0.349. The summed E-state index contributed by atoms with van der Waals surface area (Å²) in [4.78, 5) is 27.8. The Bertz CT molecular complexity index is 526. The number of alkyl carbamates (subject to hydrolysis) is 1. The lowest BCUT2D eigenvalue weighted by Crippen LogP contribution is -2.44. The second-order valence-corrected chi connectivity index (χ2v) is 5.81. The lowest BCUT2D eigenvalue weighted by molar-refractivity contribution is -0.117. The molecule has 1 aromatic rings. The number of nitrogens with zero attached hydrogens (tertiary/aromatic N) is 1. The first-order valence-electron chi connectivity index (χ1n) is 7.21. The van der Waals surface area contributed by atoms with Crippen LogP contribution in [0.15, 0.2) is 18.5 Å². The van der Waals surface area contributed by atoms with Crippen LogP contribution < -0.4 is 16.0 Å². The molecule has 2 amide bonds. The molecule has 1 rings (SSSR count). The Morgan fingerprint density at radius 2 is 2.00 bits per heavy atom. The second kappa shape index (κ2) is 7.63. The number of ether oxygens (including phenoxy) is 1. The monoisotopic (exact) mass is 308 g/mol. The molecular weight excluding hydrogens is 284 g/mol. The summed E-state index contributed by atoms with van der Waals surface area (Å²) >= 11 is 0. The molecule has 0 aliphatic heterocycles. The molecule has 0 fully saturated rings. The highest BCUT2D eigenvalue weighted by Gasteiger charge is 2.21. The van der Waals surface area contributed by atoms with Gasteiger partial charge in [-0.25, -0.2) is 4.79 Å². The zero-order valence-electron chi connectivity index (χ0n) is 13.7. The molecule has 0 saturated heterocycles. The molecule has 0 radical (unpaired) electrons. The van der Waals surface area contributed by atoms with Crippen LogP contribution in [0.2, 0.25) is 0 Å². The van der Waals surface area contributed by atoms with Crippen molar-refractivity contribution in [3.8, 4) is 0 Å². The fraction of sp³-hybridized carbons (Fsp3) is 0.533. The number of hydrogen-bond acceptors (Lipinski definition) is 5. The van der Waals surface area contributed by atoms with E-state index in [9.17, 15) is 9.59 Å². The molecule has 7 nitrogen and oxygen atoms in total. The van der Waals surface area contributed by atoms with Crippen molar-refractivity contribution < 1.29 is 14.3 Å². The van der Waals surface area contributed by atoms with E-state index in [0.717, 1.165) is 12.2 Å². The molecular formula is C15H24N4O3. The summed E-state index contributed by atoms with van der Waals surface area (Å²) in [6.45, 7) is 9.54. The van der Waals surface area contributed by atoms with Crippen molar-refractivity contribution in [2.24, 2.45) is 0 Å². The molecule has 22 heavy (non-hydrogen) atoms. The summed E-state index contributed by atoms with van der Waals surface area (Å²) in [5.41, 5.74) is 0.726. The highest BCUT2D eigenvalue weighted by atomic mass is 16.6. The maximum atomic E-state index is 12.1. The first-order valence-corrected chi connectivity index (χ1v) is 7.21. The Labute approximate surface area is 130 Å². The van der Waals surface area contributed by atoms with Gasteiger partial charge in [-0.2, -0.15) is 0 Å². The van der Waals surface area contributed by atoms with Crippen molar-refractivity contribution in [2.45, 2.75) is 46.3 Å². The van der Waals surface area contributed by atoms with Gasteiger partial charge in [-0.3, -0.25) is 9.78 Å². The SMILES string of the molecule is CCNc1ccncc1NC(=O)C(C)NC(=O)OC(C)(C)C. The minimum Gasteiger partial charge on any atom is -0.444 e. The summed E-state index contributed by atoms with van der Waals surface area (Å²) in [5, 5.41) is 8.35. The van der Waals surface area contributed by atoms with Gasteiger partial charge in [0.2, 0.25) is 5.91 Å². The fourth-order valence-corrected chi connectivity index (χ4v) is 1.63. The van der Waals surface area contributed by atoms with Gasteiger partial charge >= 0.3 is 6.09 Å². The molecule has 1 heterocycles. The minimum atomic E-state index is -0.732. The third kappa shape index (κ3) is 5.99. The van der Waals surface area contributed by atoms with Gasteiger partial charge in [-0.1, -0.05) is 0 Å². The van der Waals surface area contributed by atoms with Crippen LogP contribution in [0.5, 0.6) is 0 Å². The number of carbonyl (C=O) groups is 2. The number of aromatic nitrogens is 1. The topological polar surface area (TPSA) is 92.4 Å². The molecule has 122 valence electrons.